The van der Waals surface area contributed by atoms with E-state index in [9.17, 15) is 8.78 Å². The van der Waals surface area contributed by atoms with Crippen molar-refractivity contribution in [2.45, 2.75) is 25.7 Å². The minimum Gasteiger partial charge on any atom is -0.350 e. The Bertz CT molecular complexity index is 420. The third-order valence-corrected chi connectivity index (χ3v) is 3.14. The average molecular weight is 257 g/mol. The van der Waals surface area contributed by atoms with Crippen LogP contribution in [0.1, 0.15) is 23.6 Å². The summed E-state index contributed by atoms with van der Waals surface area (Å²) in [5.41, 5.74) is 0.483. The Balaban J connectivity index is 2.23. The summed E-state index contributed by atoms with van der Waals surface area (Å²) in [5.74, 6) is -1.05. The van der Waals surface area contributed by atoms with Crippen molar-refractivity contribution >= 4 is 0 Å². The van der Waals surface area contributed by atoms with E-state index in [1.807, 2.05) is 0 Å². The number of hydrogen-bond acceptors (Lipinski definition) is 3. The number of aryl methyl sites for hydroxylation is 1. The van der Waals surface area contributed by atoms with Crippen molar-refractivity contribution < 1.29 is 18.3 Å². The van der Waals surface area contributed by atoms with Gasteiger partial charge < -0.3 is 14.8 Å². The smallest absolute Gasteiger partial charge is 0.159 e. The number of rotatable bonds is 4. The standard InChI is InChI=1S/C13H17F2NO2/c1-8-3-4-9(14)12(13(8)15)10(16-2)7-11-17-5-6-18-11/h3-4,10-11,16H,5-7H2,1-2H3. The molecule has 1 aromatic rings. The van der Waals surface area contributed by atoms with Crippen molar-refractivity contribution in [1.82, 2.24) is 5.32 Å². The van der Waals surface area contributed by atoms with Crippen LogP contribution in [0.4, 0.5) is 8.78 Å². The molecule has 1 aliphatic rings. The molecule has 1 atom stereocenters. The van der Waals surface area contributed by atoms with E-state index in [0.29, 0.717) is 25.2 Å². The molecule has 1 saturated heterocycles. The van der Waals surface area contributed by atoms with Gasteiger partial charge in [-0.15, -0.1) is 0 Å². The SMILES string of the molecule is CNC(CC1OCCO1)c1c(F)ccc(C)c1F. The van der Waals surface area contributed by atoms with E-state index in [0.717, 1.165) is 0 Å². The van der Waals surface area contributed by atoms with Gasteiger partial charge in [-0.25, -0.2) is 8.78 Å². The van der Waals surface area contributed by atoms with E-state index < -0.39 is 24.0 Å². The first-order valence-corrected chi connectivity index (χ1v) is 5.98. The molecule has 0 amide bonds. The average Bonchev–Trinajstić information content (AvgIpc) is 2.86. The molecule has 1 unspecified atom stereocenters. The van der Waals surface area contributed by atoms with Crippen LogP contribution < -0.4 is 5.32 Å². The zero-order chi connectivity index (χ0) is 13.1. The number of benzene rings is 1. The van der Waals surface area contributed by atoms with Gasteiger partial charge in [-0.3, -0.25) is 0 Å². The molecule has 0 radical (unpaired) electrons. The largest absolute Gasteiger partial charge is 0.350 e. The second-order valence-corrected chi connectivity index (χ2v) is 4.34. The number of hydrogen-bond donors (Lipinski definition) is 1. The van der Waals surface area contributed by atoms with Crippen LogP contribution in [-0.4, -0.2) is 26.6 Å². The van der Waals surface area contributed by atoms with Crippen LogP contribution in [0, 0.1) is 18.6 Å². The lowest BCUT2D eigenvalue weighted by atomic mass is 10.00. The van der Waals surface area contributed by atoms with Crippen molar-refractivity contribution in [2.24, 2.45) is 0 Å². The molecule has 3 nitrogen and oxygen atoms in total. The number of halogens is 2. The van der Waals surface area contributed by atoms with Gasteiger partial charge in [-0.2, -0.15) is 0 Å². The maximum absolute atomic E-state index is 14.0. The van der Waals surface area contributed by atoms with Crippen molar-refractivity contribution in [3.05, 3.63) is 34.9 Å². The van der Waals surface area contributed by atoms with Crippen molar-refractivity contribution in [2.75, 3.05) is 20.3 Å². The lowest BCUT2D eigenvalue weighted by Crippen LogP contribution is -2.25. The normalized spacial score (nSPS) is 18.2. The Labute approximate surface area is 105 Å². The molecule has 100 valence electrons. The van der Waals surface area contributed by atoms with E-state index in [-0.39, 0.29) is 5.56 Å². The van der Waals surface area contributed by atoms with E-state index in [1.165, 1.54) is 12.1 Å². The molecule has 1 heterocycles. The predicted octanol–water partition coefficient (Wildman–Crippen LogP) is 2.30. The van der Waals surface area contributed by atoms with Gasteiger partial charge in [0.2, 0.25) is 0 Å². The molecule has 0 bridgehead atoms. The van der Waals surface area contributed by atoms with E-state index in [4.69, 9.17) is 9.47 Å². The summed E-state index contributed by atoms with van der Waals surface area (Å²) in [6, 6.07) is 2.26. The highest BCUT2D eigenvalue weighted by Crippen LogP contribution is 2.28. The second kappa shape index (κ2) is 5.73. The van der Waals surface area contributed by atoms with E-state index in [1.54, 1.807) is 14.0 Å². The van der Waals surface area contributed by atoms with Gasteiger partial charge in [0.1, 0.15) is 11.6 Å². The predicted molar refractivity (Wildman–Crippen MR) is 63.2 cm³/mol. The van der Waals surface area contributed by atoms with Crippen LogP contribution in [0.3, 0.4) is 0 Å². The van der Waals surface area contributed by atoms with Crippen LogP contribution in [0.15, 0.2) is 12.1 Å². The van der Waals surface area contributed by atoms with Crippen LogP contribution in [-0.2, 0) is 9.47 Å². The molecule has 0 aromatic heterocycles. The summed E-state index contributed by atoms with van der Waals surface area (Å²) in [6.07, 6.45) is -0.0184. The Morgan fingerprint density at radius 2 is 2.00 bits per heavy atom. The number of nitrogens with one attached hydrogen (secondary N) is 1. The van der Waals surface area contributed by atoms with Crippen LogP contribution in [0.2, 0.25) is 0 Å². The van der Waals surface area contributed by atoms with Gasteiger partial charge >= 0.3 is 0 Å². The van der Waals surface area contributed by atoms with Gasteiger partial charge in [0.25, 0.3) is 0 Å². The lowest BCUT2D eigenvalue weighted by molar-refractivity contribution is -0.0529. The highest BCUT2D eigenvalue weighted by atomic mass is 19.1. The van der Waals surface area contributed by atoms with Gasteiger partial charge in [0.15, 0.2) is 6.29 Å². The fourth-order valence-corrected chi connectivity index (χ4v) is 2.11. The van der Waals surface area contributed by atoms with Crippen molar-refractivity contribution in [3.8, 4) is 0 Å². The third-order valence-electron chi connectivity index (χ3n) is 3.14. The third kappa shape index (κ3) is 2.68. The van der Waals surface area contributed by atoms with Crippen LogP contribution in [0.5, 0.6) is 0 Å². The lowest BCUT2D eigenvalue weighted by Gasteiger charge is -2.21. The second-order valence-electron chi connectivity index (χ2n) is 4.34. The van der Waals surface area contributed by atoms with E-state index in [2.05, 4.69) is 5.32 Å². The summed E-state index contributed by atoms with van der Waals surface area (Å²) in [5, 5.41) is 2.91. The Hall–Kier alpha value is -1.04. The zero-order valence-corrected chi connectivity index (χ0v) is 10.5. The summed E-state index contributed by atoms with van der Waals surface area (Å²) in [7, 11) is 1.67. The van der Waals surface area contributed by atoms with Gasteiger partial charge in [-0.05, 0) is 25.6 Å². The molecule has 0 saturated carbocycles. The molecule has 0 spiro atoms. The van der Waals surface area contributed by atoms with Crippen LogP contribution in [0.25, 0.3) is 0 Å². The highest BCUT2D eigenvalue weighted by Gasteiger charge is 2.26. The first kappa shape index (κ1) is 13.4. The van der Waals surface area contributed by atoms with Crippen LogP contribution >= 0.6 is 0 Å². The Morgan fingerprint density at radius 3 is 2.61 bits per heavy atom. The fraction of sp³-hybridized carbons (Fsp3) is 0.538. The molecule has 1 aliphatic heterocycles. The molecule has 5 heteroatoms. The monoisotopic (exact) mass is 257 g/mol. The summed E-state index contributed by atoms with van der Waals surface area (Å²) < 4.78 is 38.4. The quantitative estimate of drug-likeness (QED) is 0.897. The molecule has 1 aromatic carbocycles. The fourth-order valence-electron chi connectivity index (χ4n) is 2.11. The maximum Gasteiger partial charge on any atom is 0.159 e. The molecule has 18 heavy (non-hydrogen) atoms. The summed E-state index contributed by atoms with van der Waals surface area (Å²) in [6.45, 7) is 2.67. The molecule has 1 N–H and O–H groups in total. The van der Waals surface area contributed by atoms with E-state index >= 15 is 0 Å². The summed E-state index contributed by atoms with van der Waals surface area (Å²) in [4.78, 5) is 0. The number of ether oxygens (including phenoxy) is 2. The molecular weight excluding hydrogens is 240 g/mol. The van der Waals surface area contributed by atoms with Gasteiger partial charge in [-0.1, -0.05) is 6.07 Å². The topological polar surface area (TPSA) is 30.5 Å². The Kier molecular flexibility index (Phi) is 4.27. The molecule has 1 fully saturated rings. The maximum atomic E-state index is 14.0. The van der Waals surface area contributed by atoms with Gasteiger partial charge in [0.05, 0.1) is 13.2 Å². The molecule has 2 rings (SSSR count). The molecular formula is C13H17F2NO2. The Morgan fingerprint density at radius 1 is 1.33 bits per heavy atom. The summed E-state index contributed by atoms with van der Waals surface area (Å²) >= 11 is 0. The minimum atomic E-state index is -0.546. The molecule has 0 aliphatic carbocycles. The highest BCUT2D eigenvalue weighted by molar-refractivity contribution is 5.29. The van der Waals surface area contributed by atoms with Gasteiger partial charge in [0, 0.05) is 18.0 Å². The first-order valence-electron chi connectivity index (χ1n) is 5.98. The minimum absolute atomic E-state index is 0.0524. The van der Waals surface area contributed by atoms with Crippen molar-refractivity contribution in [1.29, 1.82) is 0 Å². The van der Waals surface area contributed by atoms with Crippen molar-refractivity contribution in [3.63, 3.8) is 0 Å². The first-order chi connectivity index (χ1) is 8.63. The zero-order valence-electron chi connectivity index (χ0n) is 10.5.